The molecule has 1 saturated carbocycles. The summed E-state index contributed by atoms with van der Waals surface area (Å²) in [5.74, 6) is -1.26. The van der Waals surface area contributed by atoms with Crippen LogP contribution < -0.4 is 10.1 Å². The first-order valence-corrected chi connectivity index (χ1v) is 8.32. The first kappa shape index (κ1) is 18.2. The average Bonchev–Trinajstić information content (AvgIpc) is 2.55. The number of rotatable bonds is 6. The maximum Gasteiger partial charge on any atom is 0.311 e. The largest absolute Gasteiger partial charge is 0.494 e. The Balaban J connectivity index is 1.82. The number of benzene rings is 1. The van der Waals surface area contributed by atoms with E-state index in [4.69, 9.17) is 9.47 Å². The highest BCUT2D eigenvalue weighted by Crippen LogP contribution is 2.19. The molecule has 0 bridgehead atoms. The van der Waals surface area contributed by atoms with E-state index in [9.17, 15) is 14.0 Å². The lowest BCUT2D eigenvalue weighted by atomic mass is 9.95. The fourth-order valence-corrected chi connectivity index (χ4v) is 2.84. The van der Waals surface area contributed by atoms with Gasteiger partial charge in [-0.1, -0.05) is 25.3 Å². The number of hydrogen-bond acceptors (Lipinski definition) is 4. The SMILES string of the molecule is COc1ccc(CC(=O)O[C@@H](C)C(=O)NC2CCCCC2)cc1F. The van der Waals surface area contributed by atoms with E-state index < -0.39 is 17.9 Å². The summed E-state index contributed by atoms with van der Waals surface area (Å²) in [6, 6.07) is 4.45. The minimum atomic E-state index is -0.859. The fraction of sp³-hybridized carbons (Fsp3) is 0.556. The highest BCUT2D eigenvalue weighted by atomic mass is 19.1. The topological polar surface area (TPSA) is 64.6 Å². The molecule has 0 saturated heterocycles. The van der Waals surface area contributed by atoms with Gasteiger partial charge in [0.2, 0.25) is 0 Å². The predicted octanol–water partition coefficient (Wildman–Crippen LogP) is 2.76. The zero-order valence-corrected chi connectivity index (χ0v) is 14.1. The van der Waals surface area contributed by atoms with Gasteiger partial charge in [-0.3, -0.25) is 9.59 Å². The van der Waals surface area contributed by atoms with Crippen molar-refractivity contribution in [3.8, 4) is 5.75 Å². The lowest BCUT2D eigenvalue weighted by Crippen LogP contribution is -2.42. The molecule has 24 heavy (non-hydrogen) atoms. The van der Waals surface area contributed by atoms with Crippen LogP contribution in [0.4, 0.5) is 4.39 Å². The zero-order valence-electron chi connectivity index (χ0n) is 14.1. The Kier molecular flexibility index (Phi) is 6.58. The van der Waals surface area contributed by atoms with Gasteiger partial charge in [0.05, 0.1) is 13.5 Å². The minimum absolute atomic E-state index is 0.0953. The molecule has 0 heterocycles. The van der Waals surface area contributed by atoms with Gasteiger partial charge in [-0.05, 0) is 37.5 Å². The maximum absolute atomic E-state index is 13.6. The molecule has 0 aliphatic heterocycles. The number of methoxy groups -OCH3 is 1. The highest BCUT2D eigenvalue weighted by molar-refractivity contribution is 5.84. The first-order chi connectivity index (χ1) is 11.5. The van der Waals surface area contributed by atoms with Gasteiger partial charge in [-0.2, -0.15) is 0 Å². The van der Waals surface area contributed by atoms with Crippen molar-refractivity contribution in [2.75, 3.05) is 7.11 Å². The Labute approximate surface area is 141 Å². The molecule has 0 unspecified atom stereocenters. The number of ether oxygens (including phenoxy) is 2. The van der Waals surface area contributed by atoms with Crippen molar-refractivity contribution in [1.29, 1.82) is 0 Å². The van der Waals surface area contributed by atoms with E-state index in [-0.39, 0.29) is 24.1 Å². The molecule has 1 aliphatic rings. The van der Waals surface area contributed by atoms with Crippen molar-refractivity contribution in [2.24, 2.45) is 0 Å². The van der Waals surface area contributed by atoms with Gasteiger partial charge in [0.25, 0.3) is 5.91 Å². The van der Waals surface area contributed by atoms with Crippen molar-refractivity contribution < 1.29 is 23.5 Å². The lowest BCUT2D eigenvalue weighted by Gasteiger charge is -2.24. The van der Waals surface area contributed by atoms with Crippen LogP contribution in [0.5, 0.6) is 5.75 Å². The van der Waals surface area contributed by atoms with Crippen LogP contribution in [-0.4, -0.2) is 31.1 Å². The second-order valence-electron chi connectivity index (χ2n) is 6.12. The summed E-state index contributed by atoms with van der Waals surface area (Å²) < 4.78 is 23.6. The maximum atomic E-state index is 13.6. The molecule has 1 aromatic rings. The van der Waals surface area contributed by atoms with E-state index in [1.54, 1.807) is 13.0 Å². The van der Waals surface area contributed by atoms with Gasteiger partial charge in [-0.25, -0.2) is 4.39 Å². The third kappa shape index (κ3) is 5.22. The van der Waals surface area contributed by atoms with Crippen LogP contribution in [0.25, 0.3) is 0 Å². The third-order valence-electron chi connectivity index (χ3n) is 4.19. The number of amides is 1. The molecule has 0 spiro atoms. The average molecular weight is 337 g/mol. The number of carbonyl (C=O) groups is 2. The standard InChI is InChI=1S/C18H24FNO4/c1-12(18(22)20-14-6-4-3-5-7-14)24-17(21)11-13-8-9-16(23-2)15(19)10-13/h8-10,12,14H,3-7,11H2,1-2H3,(H,20,22)/t12-/m0/s1. The molecule has 132 valence electrons. The summed E-state index contributed by atoms with van der Waals surface area (Å²) in [7, 11) is 1.37. The predicted molar refractivity (Wildman–Crippen MR) is 87.2 cm³/mol. The Morgan fingerprint density at radius 2 is 2.00 bits per heavy atom. The molecule has 1 N–H and O–H groups in total. The van der Waals surface area contributed by atoms with Crippen LogP contribution in [0.15, 0.2) is 18.2 Å². The van der Waals surface area contributed by atoms with Crippen molar-refractivity contribution >= 4 is 11.9 Å². The molecule has 2 rings (SSSR count). The summed E-state index contributed by atoms with van der Waals surface area (Å²) in [6.07, 6.45) is 4.42. The Morgan fingerprint density at radius 1 is 1.29 bits per heavy atom. The van der Waals surface area contributed by atoms with Crippen LogP contribution in [0, 0.1) is 5.82 Å². The molecule has 1 atom stereocenters. The Morgan fingerprint density at radius 3 is 2.62 bits per heavy atom. The number of halogens is 1. The van der Waals surface area contributed by atoms with E-state index >= 15 is 0 Å². The highest BCUT2D eigenvalue weighted by Gasteiger charge is 2.22. The van der Waals surface area contributed by atoms with Crippen LogP contribution in [-0.2, 0) is 20.7 Å². The molecule has 1 aliphatic carbocycles. The van der Waals surface area contributed by atoms with Crippen LogP contribution in [0.2, 0.25) is 0 Å². The molecule has 6 heteroatoms. The summed E-state index contributed by atoms with van der Waals surface area (Å²) in [4.78, 5) is 24.0. The Hall–Kier alpha value is -2.11. The third-order valence-corrected chi connectivity index (χ3v) is 4.19. The molecular weight excluding hydrogens is 313 g/mol. The van der Waals surface area contributed by atoms with Crippen LogP contribution >= 0.6 is 0 Å². The first-order valence-electron chi connectivity index (χ1n) is 8.32. The van der Waals surface area contributed by atoms with Gasteiger partial charge < -0.3 is 14.8 Å². The number of hydrogen-bond donors (Lipinski definition) is 1. The van der Waals surface area contributed by atoms with E-state index in [1.165, 1.54) is 25.7 Å². The van der Waals surface area contributed by atoms with Gasteiger partial charge in [0, 0.05) is 6.04 Å². The number of nitrogens with one attached hydrogen (secondary N) is 1. The summed E-state index contributed by atoms with van der Waals surface area (Å²) >= 11 is 0. The summed E-state index contributed by atoms with van der Waals surface area (Å²) in [5.41, 5.74) is 0.471. The zero-order chi connectivity index (χ0) is 17.5. The second-order valence-corrected chi connectivity index (χ2v) is 6.12. The minimum Gasteiger partial charge on any atom is -0.494 e. The van der Waals surface area contributed by atoms with Gasteiger partial charge in [-0.15, -0.1) is 0 Å². The van der Waals surface area contributed by atoms with E-state index in [1.807, 2.05) is 0 Å². The molecule has 1 aromatic carbocycles. The second kappa shape index (κ2) is 8.66. The lowest BCUT2D eigenvalue weighted by molar-refractivity contribution is -0.154. The summed E-state index contributed by atoms with van der Waals surface area (Å²) in [6.45, 7) is 1.55. The van der Waals surface area contributed by atoms with Gasteiger partial charge in [0.15, 0.2) is 17.7 Å². The van der Waals surface area contributed by atoms with Gasteiger partial charge >= 0.3 is 5.97 Å². The smallest absolute Gasteiger partial charge is 0.311 e. The molecule has 0 aromatic heterocycles. The van der Waals surface area contributed by atoms with E-state index in [2.05, 4.69) is 5.32 Å². The molecule has 5 nitrogen and oxygen atoms in total. The van der Waals surface area contributed by atoms with Crippen molar-refractivity contribution in [2.45, 2.75) is 57.6 Å². The van der Waals surface area contributed by atoms with E-state index in [0.717, 1.165) is 25.7 Å². The van der Waals surface area contributed by atoms with Gasteiger partial charge in [0.1, 0.15) is 0 Å². The van der Waals surface area contributed by atoms with E-state index in [0.29, 0.717) is 5.56 Å². The van der Waals surface area contributed by atoms with Crippen molar-refractivity contribution in [3.63, 3.8) is 0 Å². The normalized spacial score (nSPS) is 16.3. The molecule has 1 fully saturated rings. The number of carbonyl (C=O) groups excluding carboxylic acids is 2. The van der Waals surface area contributed by atoms with Crippen molar-refractivity contribution in [1.82, 2.24) is 5.32 Å². The van der Waals surface area contributed by atoms with Crippen LogP contribution in [0.3, 0.4) is 0 Å². The van der Waals surface area contributed by atoms with Crippen molar-refractivity contribution in [3.05, 3.63) is 29.6 Å². The monoisotopic (exact) mass is 337 g/mol. The Bertz CT molecular complexity index is 584. The molecular formula is C18H24FNO4. The van der Waals surface area contributed by atoms with Crippen LogP contribution in [0.1, 0.15) is 44.6 Å². The summed E-state index contributed by atoms with van der Waals surface area (Å²) in [5, 5.41) is 2.92. The molecule has 0 radical (unpaired) electrons. The fourth-order valence-electron chi connectivity index (χ4n) is 2.84. The number of esters is 1. The molecule has 1 amide bonds. The quantitative estimate of drug-likeness (QED) is 0.811.